The number of carbonyl (C=O) groups is 3. The molecule has 1 aromatic carbocycles. The molecule has 0 heterocycles. The van der Waals surface area contributed by atoms with Gasteiger partial charge in [0.25, 0.3) is 5.91 Å². The standard InChI is InChI=1S/C16H22N2O5.Na/c1-4-23-10-5-6-12(11(7-10)15(17)22)18-13(19)8-16(2,3)9-14(20)21;/h5-7H,4,8-9H2,1-3H3,(H2,17,22)(H,18,19)(H,20,21);/q;+1/p-1. The molecule has 2 amide bonds. The first kappa shape index (κ1) is 22.4. The molecule has 0 aliphatic heterocycles. The maximum Gasteiger partial charge on any atom is 1.00 e. The minimum absolute atomic E-state index is 0. The van der Waals surface area contributed by atoms with Crippen LogP contribution < -0.4 is 50.5 Å². The predicted molar refractivity (Wildman–Crippen MR) is 82.8 cm³/mol. The Labute approximate surface area is 163 Å². The van der Waals surface area contributed by atoms with Gasteiger partial charge in [-0.15, -0.1) is 0 Å². The fourth-order valence-corrected chi connectivity index (χ4v) is 2.17. The molecule has 1 aromatic rings. The molecule has 126 valence electrons. The van der Waals surface area contributed by atoms with Crippen LogP contribution in [0.4, 0.5) is 5.69 Å². The average Bonchev–Trinajstić information content (AvgIpc) is 2.38. The number of aliphatic carboxylic acids is 1. The number of hydrogen-bond acceptors (Lipinski definition) is 5. The second-order valence-electron chi connectivity index (χ2n) is 5.94. The molecule has 3 N–H and O–H groups in total. The van der Waals surface area contributed by atoms with Crippen LogP contribution in [0.1, 0.15) is 44.0 Å². The van der Waals surface area contributed by atoms with E-state index in [0.29, 0.717) is 12.4 Å². The minimum atomic E-state index is -1.22. The minimum Gasteiger partial charge on any atom is -0.550 e. The second kappa shape index (κ2) is 9.66. The van der Waals surface area contributed by atoms with Gasteiger partial charge in [0, 0.05) is 12.4 Å². The summed E-state index contributed by atoms with van der Waals surface area (Å²) in [6.07, 6.45) is -0.279. The molecule has 0 radical (unpaired) electrons. The van der Waals surface area contributed by atoms with E-state index >= 15 is 0 Å². The molecule has 0 atom stereocenters. The third-order valence-electron chi connectivity index (χ3n) is 3.10. The van der Waals surface area contributed by atoms with E-state index in [-0.39, 0.29) is 53.6 Å². The van der Waals surface area contributed by atoms with Crippen molar-refractivity contribution >= 4 is 23.5 Å². The average molecular weight is 344 g/mol. The molecule has 0 aliphatic rings. The smallest absolute Gasteiger partial charge is 0.550 e. The van der Waals surface area contributed by atoms with E-state index in [0.717, 1.165) is 0 Å². The van der Waals surface area contributed by atoms with E-state index in [1.807, 2.05) is 0 Å². The number of benzene rings is 1. The van der Waals surface area contributed by atoms with Gasteiger partial charge in [0.2, 0.25) is 5.91 Å². The van der Waals surface area contributed by atoms with Gasteiger partial charge in [0.05, 0.1) is 17.9 Å². The van der Waals surface area contributed by atoms with Crippen molar-refractivity contribution in [3.63, 3.8) is 0 Å². The maximum atomic E-state index is 12.1. The number of carbonyl (C=O) groups excluding carboxylic acids is 3. The topological polar surface area (TPSA) is 122 Å². The number of nitrogens with one attached hydrogen (secondary N) is 1. The molecule has 7 nitrogen and oxygen atoms in total. The molecule has 0 fully saturated rings. The van der Waals surface area contributed by atoms with E-state index in [1.54, 1.807) is 26.8 Å². The summed E-state index contributed by atoms with van der Waals surface area (Å²) < 4.78 is 5.29. The van der Waals surface area contributed by atoms with Crippen molar-refractivity contribution < 1.29 is 53.8 Å². The molecule has 0 spiro atoms. The first-order valence-electron chi connectivity index (χ1n) is 7.21. The largest absolute Gasteiger partial charge is 1.00 e. The zero-order valence-electron chi connectivity index (χ0n) is 14.5. The Morgan fingerprint density at radius 2 is 1.88 bits per heavy atom. The summed E-state index contributed by atoms with van der Waals surface area (Å²) in [5.41, 5.74) is 4.94. The van der Waals surface area contributed by atoms with E-state index in [1.165, 1.54) is 12.1 Å². The Morgan fingerprint density at radius 3 is 2.38 bits per heavy atom. The first-order valence-corrected chi connectivity index (χ1v) is 7.21. The van der Waals surface area contributed by atoms with Crippen LogP contribution in [0.2, 0.25) is 0 Å². The summed E-state index contributed by atoms with van der Waals surface area (Å²) in [6.45, 7) is 5.53. The van der Waals surface area contributed by atoms with Gasteiger partial charge in [-0.25, -0.2) is 0 Å². The number of carboxylic acids is 1. The van der Waals surface area contributed by atoms with Crippen LogP contribution in [0.15, 0.2) is 18.2 Å². The number of rotatable bonds is 8. The van der Waals surface area contributed by atoms with Crippen LogP contribution in [0.5, 0.6) is 5.75 Å². The monoisotopic (exact) mass is 344 g/mol. The SMILES string of the molecule is CCOc1ccc(NC(=O)CC(C)(C)CC(=O)[O-])c(C(N)=O)c1.[Na+]. The van der Waals surface area contributed by atoms with E-state index in [4.69, 9.17) is 10.5 Å². The normalized spacial score (nSPS) is 10.5. The quantitative estimate of drug-likeness (QED) is 0.513. The van der Waals surface area contributed by atoms with Gasteiger partial charge in [-0.1, -0.05) is 13.8 Å². The number of carboxylic acid groups (broad SMARTS) is 1. The molecular weight excluding hydrogens is 323 g/mol. The summed E-state index contributed by atoms with van der Waals surface area (Å²) in [6, 6.07) is 4.58. The molecule has 0 aliphatic carbocycles. The molecule has 0 saturated heterocycles. The fourth-order valence-electron chi connectivity index (χ4n) is 2.17. The molecule has 0 bridgehead atoms. The van der Waals surface area contributed by atoms with Gasteiger partial charge in [0.15, 0.2) is 0 Å². The van der Waals surface area contributed by atoms with E-state index in [9.17, 15) is 19.5 Å². The first-order chi connectivity index (χ1) is 10.6. The van der Waals surface area contributed by atoms with Crippen molar-refractivity contribution in [2.75, 3.05) is 11.9 Å². The molecule has 0 aromatic heterocycles. The Hall–Kier alpha value is -1.57. The predicted octanol–water partition coefficient (Wildman–Crippen LogP) is -2.32. The van der Waals surface area contributed by atoms with Crippen molar-refractivity contribution in [1.82, 2.24) is 0 Å². The summed E-state index contributed by atoms with van der Waals surface area (Å²) in [7, 11) is 0. The number of amides is 2. The number of ether oxygens (including phenoxy) is 1. The van der Waals surface area contributed by atoms with Gasteiger partial charge in [-0.2, -0.15) is 0 Å². The van der Waals surface area contributed by atoms with Crippen molar-refractivity contribution in [2.24, 2.45) is 11.1 Å². The van der Waals surface area contributed by atoms with E-state index in [2.05, 4.69) is 5.32 Å². The van der Waals surface area contributed by atoms with Crippen molar-refractivity contribution in [2.45, 2.75) is 33.6 Å². The number of nitrogens with two attached hydrogens (primary N) is 1. The van der Waals surface area contributed by atoms with Crippen LogP contribution in [-0.2, 0) is 9.59 Å². The van der Waals surface area contributed by atoms with Gasteiger partial charge in [0.1, 0.15) is 5.75 Å². The zero-order chi connectivity index (χ0) is 17.6. The van der Waals surface area contributed by atoms with Crippen LogP contribution in [0, 0.1) is 5.41 Å². The summed E-state index contributed by atoms with van der Waals surface area (Å²) >= 11 is 0. The van der Waals surface area contributed by atoms with Crippen LogP contribution in [0.25, 0.3) is 0 Å². The van der Waals surface area contributed by atoms with Gasteiger partial charge in [-0.3, -0.25) is 9.59 Å². The number of primary amides is 1. The third kappa shape index (κ3) is 7.33. The summed E-state index contributed by atoms with van der Waals surface area (Å²) in [5, 5.41) is 13.3. The number of hydrogen-bond donors (Lipinski definition) is 2. The molecule has 1 rings (SSSR count). The van der Waals surface area contributed by atoms with Crippen LogP contribution in [0.3, 0.4) is 0 Å². The summed E-state index contributed by atoms with van der Waals surface area (Å²) in [5.74, 6) is -1.86. The molecule has 24 heavy (non-hydrogen) atoms. The fraction of sp³-hybridized carbons (Fsp3) is 0.438. The second-order valence-corrected chi connectivity index (χ2v) is 5.94. The van der Waals surface area contributed by atoms with Crippen LogP contribution in [-0.4, -0.2) is 24.4 Å². The summed E-state index contributed by atoms with van der Waals surface area (Å²) in [4.78, 5) is 34.3. The Bertz CT molecular complexity index is 616. The Kier molecular flexibility index (Phi) is 9.03. The Balaban J connectivity index is 0.00000529. The van der Waals surface area contributed by atoms with Crippen molar-refractivity contribution in [3.8, 4) is 5.75 Å². The van der Waals surface area contributed by atoms with Gasteiger partial charge < -0.3 is 25.7 Å². The van der Waals surface area contributed by atoms with Gasteiger partial charge >= 0.3 is 29.6 Å². The molecule has 0 saturated carbocycles. The van der Waals surface area contributed by atoms with Crippen LogP contribution >= 0.6 is 0 Å². The van der Waals surface area contributed by atoms with Crippen molar-refractivity contribution in [3.05, 3.63) is 23.8 Å². The number of anilines is 1. The maximum absolute atomic E-state index is 12.1. The van der Waals surface area contributed by atoms with E-state index < -0.39 is 23.2 Å². The zero-order valence-corrected chi connectivity index (χ0v) is 16.5. The van der Waals surface area contributed by atoms with Crippen molar-refractivity contribution in [1.29, 1.82) is 0 Å². The molecule has 8 heteroatoms. The third-order valence-corrected chi connectivity index (χ3v) is 3.10. The Morgan fingerprint density at radius 1 is 1.25 bits per heavy atom. The molecule has 0 unspecified atom stereocenters. The molecular formula is C16H21N2NaO5. The van der Waals surface area contributed by atoms with Gasteiger partial charge in [-0.05, 0) is 37.0 Å².